The number of halogens is 1. The molecule has 1 N–H and O–H groups in total. The highest BCUT2D eigenvalue weighted by Gasteiger charge is 2.17. The number of pyridine rings is 1. The summed E-state index contributed by atoms with van der Waals surface area (Å²) in [6.45, 7) is 2.89. The molecule has 0 spiro atoms. The summed E-state index contributed by atoms with van der Waals surface area (Å²) in [5.74, 6) is 1.68. The van der Waals surface area contributed by atoms with Crippen molar-refractivity contribution in [3.05, 3.63) is 58.6 Å². The lowest BCUT2D eigenvalue weighted by atomic mass is 10.1. The highest BCUT2D eigenvalue weighted by Crippen LogP contribution is 2.27. The molecular formula is C20H20ClN5O. The number of hydrogen-bond acceptors (Lipinski definition) is 4. The van der Waals surface area contributed by atoms with Crippen LogP contribution < -0.4 is 5.32 Å². The van der Waals surface area contributed by atoms with Crippen molar-refractivity contribution in [2.75, 3.05) is 5.32 Å². The second kappa shape index (κ2) is 7.48. The second-order valence-electron chi connectivity index (χ2n) is 6.75. The molecule has 0 fully saturated rings. The first-order valence-corrected chi connectivity index (χ1v) is 9.45. The van der Waals surface area contributed by atoms with E-state index in [4.69, 9.17) is 11.6 Å². The number of nitrogens with zero attached hydrogens (tertiary/aromatic N) is 4. The van der Waals surface area contributed by atoms with E-state index in [1.807, 2.05) is 25.1 Å². The number of benzene rings is 1. The number of aromatic nitrogens is 4. The van der Waals surface area contributed by atoms with Crippen molar-refractivity contribution in [2.24, 2.45) is 0 Å². The number of aryl methyl sites for hydroxylation is 2. The largest absolute Gasteiger partial charge is 0.322 e. The van der Waals surface area contributed by atoms with Crippen LogP contribution in [0, 0.1) is 6.92 Å². The molecule has 7 heteroatoms. The summed E-state index contributed by atoms with van der Waals surface area (Å²) >= 11 is 5.89. The number of rotatable bonds is 3. The lowest BCUT2D eigenvalue weighted by molar-refractivity contribution is 0.102. The maximum Gasteiger partial charge on any atom is 0.255 e. The molecular weight excluding hydrogens is 362 g/mol. The molecule has 1 aliphatic heterocycles. The number of amides is 1. The summed E-state index contributed by atoms with van der Waals surface area (Å²) in [4.78, 5) is 16.5. The van der Waals surface area contributed by atoms with Gasteiger partial charge in [0.25, 0.3) is 5.91 Å². The first kappa shape index (κ1) is 17.7. The summed E-state index contributed by atoms with van der Waals surface area (Å²) in [7, 11) is 0. The highest BCUT2D eigenvalue weighted by molar-refractivity contribution is 6.29. The summed E-state index contributed by atoms with van der Waals surface area (Å²) in [5, 5.41) is 12.0. The van der Waals surface area contributed by atoms with E-state index < -0.39 is 0 Å². The molecule has 0 bridgehead atoms. The molecule has 27 heavy (non-hydrogen) atoms. The molecule has 4 rings (SSSR count). The molecule has 3 heterocycles. The third kappa shape index (κ3) is 3.71. The molecule has 3 aromatic rings. The molecule has 2 aromatic heterocycles. The number of fused-ring (bicyclic) bond motifs is 1. The van der Waals surface area contributed by atoms with E-state index in [0.717, 1.165) is 54.3 Å². The lowest BCUT2D eigenvalue weighted by Crippen LogP contribution is -2.13. The highest BCUT2D eigenvalue weighted by atomic mass is 35.5. The van der Waals surface area contributed by atoms with Gasteiger partial charge in [0, 0.05) is 36.0 Å². The lowest BCUT2D eigenvalue weighted by Gasteiger charge is -2.12. The number of nitrogens with one attached hydrogen (secondary N) is 1. The van der Waals surface area contributed by atoms with Crippen LogP contribution in [0.2, 0.25) is 5.15 Å². The molecule has 6 nitrogen and oxygen atoms in total. The van der Waals surface area contributed by atoms with Gasteiger partial charge >= 0.3 is 0 Å². The van der Waals surface area contributed by atoms with Crippen molar-refractivity contribution in [3.63, 3.8) is 0 Å². The molecule has 0 radical (unpaired) electrons. The second-order valence-corrected chi connectivity index (χ2v) is 7.14. The predicted molar refractivity (Wildman–Crippen MR) is 105 cm³/mol. The van der Waals surface area contributed by atoms with Crippen molar-refractivity contribution in [1.29, 1.82) is 0 Å². The molecule has 0 aliphatic carbocycles. The SMILES string of the molecule is Cc1ccc(-c2nnc3n2CCCCC3)cc1NC(=O)c1ccnc(Cl)c1. The Morgan fingerprint density at radius 3 is 2.89 bits per heavy atom. The van der Waals surface area contributed by atoms with Crippen LogP contribution in [0.1, 0.15) is 41.0 Å². The molecule has 138 valence electrons. The summed E-state index contributed by atoms with van der Waals surface area (Å²) in [5.41, 5.74) is 3.14. The van der Waals surface area contributed by atoms with Gasteiger partial charge in [-0.15, -0.1) is 10.2 Å². The maximum absolute atomic E-state index is 12.6. The number of carbonyl (C=O) groups is 1. The standard InChI is InChI=1S/C20H20ClN5O/c1-13-6-7-14(19-25-24-18-5-3-2-4-10-26(18)19)11-16(13)23-20(27)15-8-9-22-17(21)12-15/h6-9,11-12H,2-5,10H2,1H3,(H,23,27). The van der Waals surface area contributed by atoms with Gasteiger partial charge in [0.1, 0.15) is 11.0 Å². The zero-order valence-corrected chi connectivity index (χ0v) is 15.8. The van der Waals surface area contributed by atoms with E-state index in [9.17, 15) is 4.79 Å². The number of carbonyl (C=O) groups excluding carboxylic acids is 1. The average Bonchev–Trinajstić information content (AvgIpc) is 2.91. The van der Waals surface area contributed by atoms with Crippen LogP contribution in [-0.4, -0.2) is 25.7 Å². The van der Waals surface area contributed by atoms with E-state index >= 15 is 0 Å². The minimum atomic E-state index is -0.223. The van der Waals surface area contributed by atoms with Crippen molar-refractivity contribution >= 4 is 23.2 Å². The van der Waals surface area contributed by atoms with E-state index in [1.54, 1.807) is 12.1 Å². The molecule has 0 saturated heterocycles. The molecule has 1 aliphatic rings. The third-order valence-corrected chi connectivity index (χ3v) is 5.05. The minimum Gasteiger partial charge on any atom is -0.322 e. The van der Waals surface area contributed by atoms with Crippen LogP contribution in [0.4, 0.5) is 5.69 Å². The summed E-state index contributed by atoms with van der Waals surface area (Å²) < 4.78 is 2.20. The molecule has 0 atom stereocenters. The Balaban J connectivity index is 1.64. The first-order valence-electron chi connectivity index (χ1n) is 9.08. The molecule has 0 saturated carbocycles. The average molecular weight is 382 g/mol. The monoisotopic (exact) mass is 381 g/mol. The van der Waals surface area contributed by atoms with E-state index in [-0.39, 0.29) is 5.91 Å². The van der Waals surface area contributed by atoms with Crippen LogP contribution in [0.15, 0.2) is 36.5 Å². The molecule has 1 amide bonds. The van der Waals surface area contributed by atoms with E-state index in [1.165, 1.54) is 12.6 Å². The van der Waals surface area contributed by atoms with Crippen LogP contribution in [0.5, 0.6) is 0 Å². The third-order valence-electron chi connectivity index (χ3n) is 4.84. The quantitative estimate of drug-likeness (QED) is 0.687. The van der Waals surface area contributed by atoms with Crippen LogP contribution in [0.25, 0.3) is 11.4 Å². The Labute approximate surface area is 162 Å². The Morgan fingerprint density at radius 1 is 1.15 bits per heavy atom. The van der Waals surface area contributed by atoms with Crippen LogP contribution in [-0.2, 0) is 13.0 Å². The maximum atomic E-state index is 12.6. The van der Waals surface area contributed by atoms with Gasteiger partial charge in [0.15, 0.2) is 5.82 Å². The van der Waals surface area contributed by atoms with Crippen molar-refractivity contribution in [3.8, 4) is 11.4 Å². The van der Waals surface area contributed by atoms with Crippen molar-refractivity contribution in [1.82, 2.24) is 19.7 Å². The zero-order valence-electron chi connectivity index (χ0n) is 15.1. The molecule has 0 unspecified atom stereocenters. The Kier molecular flexibility index (Phi) is 4.90. The topological polar surface area (TPSA) is 72.7 Å². The van der Waals surface area contributed by atoms with E-state index in [0.29, 0.717) is 10.7 Å². The van der Waals surface area contributed by atoms with Gasteiger partial charge in [-0.25, -0.2) is 4.98 Å². The first-order chi connectivity index (χ1) is 13.1. The van der Waals surface area contributed by atoms with Gasteiger partial charge in [-0.05, 0) is 43.5 Å². The Morgan fingerprint density at radius 2 is 2.04 bits per heavy atom. The fraction of sp³-hybridized carbons (Fsp3) is 0.300. The zero-order chi connectivity index (χ0) is 18.8. The minimum absolute atomic E-state index is 0.223. The Bertz CT molecular complexity index is 998. The van der Waals surface area contributed by atoms with Gasteiger partial charge in [-0.1, -0.05) is 30.2 Å². The number of anilines is 1. The molecule has 1 aromatic carbocycles. The fourth-order valence-corrected chi connectivity index (χ4v) is 3.51. The van der Waals surface area contributed by atoms with Gasteiger partial charge in [-0.3, -0.25) is 4.79 Å². The van der Waals surface area contributed by atoms with Gasteiger partial charge in [0.2, 0.25) is 0 Å². The van der Waals surface area contributed by atoms with E-state index in [2.05, 4.69) is 25.1 Å². The van der Waals surface area contributed by atoms with Gasteiger partial charge in [0.05, 0.1) is 0 Å². The van der Waals surface area contributed by atoms with Crippen LogP contribution in [0.3, 0.4) is 0 Å². The Hall–Kier alpha value is -2.73. The van der Waals surface area contributed by atoms with Gasteiger partial charge < -0.3 is 9.88 Å². The normalized spacial score (nSPS) is 13.7. The van der Waals surface area contributed by atoms with Crippen molar-refractivity contribution in [2.45, 2.75) is 39.2 Å². The fourth-order valence-electron chi connectivity index (χ4n) is 3.33. The van der Waals surface area contributed by atoms with Crippen LogP contribution >= 0.6 is 11.6 Å². The van der Waals surface area contributed by atoms with Crippen molar-refractivity contribution < 1.29 is 4.79 Å². The number of hydrogen-bond donors (Lipinski definition) is 1. The summed E-state index contributed by atoms with van der Waals surface area (Å²) in [6.07, 6.45) is 5.99. The summed E-state index contributed by atoms with van der Waals surface area (Å²) in [6, 6.07) is 9.16. The smallest absolute Gasteiger partial charge is 0.255 e. The van der Waals surface area contributed by atoms with Gasteiger partial charge in [-0.2, -0.15) is 0 Å². The predicted octanol–water partition coefficient (Wildman–Crippen LogP) is 4.28.